The molecule has 1 atom stereocenters. The molecule has 0 amide bonds. The van der Waals surface area contributed by atoms with Gasteiger partial charge in [0.1, 0.15) is 6.04 Å². The van der Waals surface area contributed by atoms with Crippen LogP contribution in [0.4, 0.5) is 0 Å². The Labute approximate surface area is 140 Å². The average molecular weight is 341 g/mol. The summed E-state index contributed by atoms with van der Waals surface area (Å²) in [4.78, 5) is 25.7. The van der Waals surface area contributed by atoms with Gasteiger partial charge in [-0.2, -0.15) is 0 Å². The molecule has 6 nitrogen and oxygen atoms in total. The lowest BCUT2D eigenvalue weighted by Gasteiger charge is -2.27. The number of carboxylic acids is 1. The zero-order valence-electron chi connectivity index (χ0n) is 12.8. The maximum absolute atomic E-state index is 12.2. The van der Waals surface area contributed by atoms with Gasteiger partial charge in [-0.05, 0) is 24.3 Å². The van der Waals surface area contributed by atoms with Crippen molar-refractivity contribution in [1.29, 1.82) is 0 Å². The maximum Gasteiger partial charge on any atom is 0.321 e. The molecule has 2 rings (SSSR count). The monoisotopic (exact) mass is 340 g/mol. The van der Waals surface area contributed by atoms with E-state index in [1.807, 2.05) is 0 Å². The van der Waals surface area contributed by atoms with E-state index < -0.39 is 12.0 Å². The largest absolute Gasteiger partial charge is 0.480 e. The molecule has 1 aromatic carbocycles. The van der Waals surface area contributed by atoms with Crippen LogP contribution < -0.4 is 5.32 Å². The second-order valence-electron chi connectivity index (χ2n) is 5.43. The molecule has 1 saturated heterocycles. The van der Waals surface area contributed by atoms with Crippen molar-refractivity contribution >= 4 is 23.4 Å². The number of halogens is 1. The summed E-state index contributed by atoms with van der Waals surface area (Å²) in [6.45, 7) is 4.37. The number of hydrogen-bond donors (Lipinski definition) is 2. The Kier molecular flexibility index (Phi) is 6.98. The minimum atomic E-state index is -1.02. The molecule has 1 fully saturated rings. The summed E-state index contributed by atoms with van der Waals surface area (Å²) in [7, 11) is 0. The van der Waals surface area contributed by atoms with Gasteiger partial charge in [-0.1, -0.05) is 11.6 Å². The van der Waals surface area contributed by atoms with Crippen LogP contribution in [0.5, 0.6) is 0 Å². The highest BCUT2D eigenvalue weighted by Gasteiger charge is 2.22. The topological polar surface area (TPSA) is 78.9 Å². The number of benzene rings is 1. The molecule has 0 spiro atoms. The van der Waals surface area contributed by atoms with Crippen molar-refractivity contribution in [2.45, 2.75) is 12.5 Å². The molecule has 2 N–H and O–H groups in total. The van der Waals surface area contributed by atoms with Crippen LogP contribution in [0.1, 0.15) is 16.8 Å². The van der Waals surface area contributed by atoms with Gasteiger partial charge in [-0.25, -0.2) is 0 Å². The number of ether oxygens (including phenoxy) is 1. The molecule has 1 heterocycles. The van der Waals surface area contributed by atoms with Crippen LogP contribution in [0.25, 0.3) is 0 Å². The first-order chi connectivity index (χ1) is 11.1. The molecule has 0 aromatic heterocycles. The fourth-order valence-electron chi connectivity index (χ4n) is 2.41. The van der Waals surface area contributed by atoms with Crippen molar-refractivity contribution in [3.05, 3.63) is 34.9 Å². The highest BCUT2D eigenvalue weighted by atomic mass is 35.5. The SMILES string of the molecule is O=C(C[C@H](NCCN1CCOCC1)C(=O)O)c1ccc(Cl)cc1. The molecule has 126 valence electrons. The van der Waals surface area contributed by atoms with Gasteiger partial charge in [0.05, 0.1) is 13.2 Å². The summed E-state index contributed by atoms with van der Waals surface area (Å²) in [5.41, 5.74) is 0.468. The molecule has 0 saturated carbocycles. The van der Waals surface area contributed by atoms with Crippen molar-refractivity contribution in [2.75, 3.05) is 39.4 Å². The van der Waals surface area contributed by atoms with Gasteiger partial charge >= 0.3 is 5.97 Å². The number of Topliss-reactive ketones (excluding diaryl/α,β-unsaturated/α-hetero) is 1. The van der Waals surface area contributed by atoms with Crippen LogP contribution in [0.2, 0.25) is 5.02 Å². The van der Waals surface area contributed by atoms with E-state index in [-0.39, 0.29) is 12.2 Å². The standard InChI is InChI=1S/C16H21ClN2O4/c17-13-3-1-12(2-4-13)15(20)11-14(16(21)22)18-5-6-19-7-9-23-10-8-19/h1-4,14,18H,5-11H2,(H,21,22)/t14-/m0/s1. The van der Waals surface area contributed by atoms with Crippen LogP contribution in [-0.4, -0.2) is 67.2 Å². The van der Waals surface area contributed by atoms with Gasteiger partial charge in [0.2, 0.25) is 0 Å². The summed E-state index contributed by atoms with van der Waals surface area (Å²) in [6.07, 6.45) is -0.0833. The summed E-state index contributed by atoms with van der Waals surface area (Å²) >= 11 is 5.78. The second kappa shape index (κ2) is 8.98. The van der Waals surface area contributed by atoms with Crippen LogP contribution in [0, 0.1) is 0 Å². The van der Waals surface area contributed by atoms with E-state index in [4.69, 9.17) is 16.3 Å². The summed E-state index contributed by atoms with van der Waals surface area (Å²) < 4.78 is 5.27. The lowest BCUT2D eigenvalue weighted by atomic mass is 10.0. The van der Waals surface area contributed by atoms with E-state index in [2.05, 4.69) is 10.2 Å². The number of carbonyl (C=O) groups excluding carboxylic acids is 1. The minimum absolute atomic E-state index is 0.0833. The first-order valence-electron chi connectivity index (χ1n) is 7.61. The molecule has 0 bridgehead atoms. The first kappa shape index (κ1) is 17.9. The van der Waals surface area contributed by atoms with E-state index in [9.17, 15) is 14.7 Å². The normalized spacial score (nSPS) is 16.9. The Morgan fingerprint density at radius 1 is 1.26 bits per heavy atom. The number of rotatable bonds is 8. The number of nitrogens with one attached hydrogen (secondary N) is 1. The van der Waals surface area contributed by atoms with Crippen LogP contribution >= 0.6 is 11.6 Å². The smallest absolute Gasteiger partial charge is 0.321 e. The van der Waals surface area contributed by atoms with E-state index >= 15 is 0 Å². The van der Waals surface area contributed by atoms with E-state index in [1.54, 1.807) is 24.3 Å². The Morgan fingerprint density at radius 3 is 2.52 bits per heavy atom. The Morgan fingerprint density at radius 2 is 1.91 bits per heavy atom. The predicted octanol–water partition coefficient (Wildman–Crippen LogP) is 1.29. The molecule has 0 radical (unpaired) electrons. The van der Waals surface area contributed by atoms with Crippen LogP contribution in [0.3, 0.4) is 0 Å². The summed E-state index contributed by atoms with van der Waals surface area (Å²) in [5, 5.41) is 12.8. The quantitative estimate of drug-likeness (QED) is 0.694. The molecule has 1 aliphatic heterocycles. The van der Waals surface area contributed by atoms with Crippen LogP contribution in [0.15, 0.2) is 24.3 Å². The Balaban J connectivity index is 1.81. The first-order valence-corrected chi connectivity index (χ1v) is 7.99. The van der Waals surface area contributed by atoms with Crippen molar-refractivity contribution in [3.8, 4) is 0 Å². The number of carboxylic acid groups (broad SMARTS) is 1. The van der Waals surface area contributed by atoms with Gasteiger partial charge in [0, 0.05) is 43.2 Å². The third kappa shape index (κ3) is 5.91. The molecular weight excluding hydrogens is 320 g/mol. The Bertz CT molecular complexity index is 529. The third-order valence-corrected chi connectivity index (χ3v) is 4.03. The zero-order valence-corrected chi connectivity index (χ0v) is 13.6. The Hall–Kier alpha value is -1.47. The van der Waals surface area contributed by atoms with Crippen molar-refractivity contribution < 1.29 is 19.4 Å². The van der Waals surface area contributed by atoms with Gasteiger partial charge in [-0.15, -0.1) is 0 Å². The number of ketones is 1. The number of carbonyl (C=O) groups is 2. The predicted molar refractivity (Wildman–Crippen MR) is 87.1 cm³/mol. The highest BCUT2D eigenvalue weighted by molar-refractivity contribution is 6.30. The number of hydrogen-bond acceptors (Lipinski definition) is 5. The third-order valence-electron chi connectivity index (χ3n) is 3.78. The molecule has 7 heteroatoms. The van der Waals surface area contributed by atoms with Crippen LogP contribution in [-0.2, 0) is 9.53 Å². The average Bonchev–Trinajstić information content (AvgIpc) is 2.55. The fraction of sp³-hybridized carbons (Fsp3) is 0.500. The van der Waals surface area contributed by atoms with Crippen molar-refractivity contribution in [2.24, 2.45) is 0 Å². The number of morpholine rings is 1. The zero-order chi connectivity index (χ0) is 16.7. The van der Waals surface area contributed by atoms with Gasteiger partial charge in [-0.3, -0.25) is 14.5 Å². The number of aliphatic carboxylic acids is 1. The maximum atomic E-state index is 12.2. The van der Waals surface area contributed by atoms with Gasteiger partial charge in [0.25, 0.3) is 0 Å². The summed E-state index contributed by atoms with van der Waals surface area (Å²) in [6, 6.07) is 5.57. The molecule has 1 aromatic rings. The van der Waals surface area contributed by atoms with E-state index in [0.717, 1.165) is 19.6 Å². The molecule has 1 aliphatic rings. The minimum Gasteiger partial charge on any atom is -0.480 e. The van der Waals surface area contributed by atoms with E-state index in [0.29, 0.717) is 30.3 Å². The molecule has 23 heavy (non-hydrogen) atoms. The molecular formula is C16H21ClN2O4. The summed E-state index contributed by atoms with van der Waals surface area (Å²) in [5.74, 6) is -1.23. The highest BCUT2D eigenvalue weighted by Crippen LogP contribution is 2.12. The van der Waals surface area contributed by atoms with Crippen molar-refractivity contribution in [3.63, 3.8) is 0 Å². The van der Waals surface area contributed by atoms with Crippen molar-refractivity contribution in [1.82, 2.24) is 10.2 Å². The lowest BCUT2D eigenvalue weighted by Crippen LogP contribution is -2.45. The fourth-order valence-corrected chi connectivity index (χ4v) is 2.53. The molecule has 0 unspecified atom stereocenters. The molecule has 0 aliphatic carbocycles. The lowest BCUT2D eigenvalue weighted by molar-refractivity contribution is -0.139. The van der Waals surface area contributed by atoms with Gasteiger partial charge < -0.3 is 15.2 Å². The second-order valence-corrected chi connectivity index (χ2v) is 5.87. The van der Waals surface area contributed by atoms with Gasteiger partial charge in [0.15, 0.2) is 5.78 Å². The number of nitrogens with zero attached hydrogens (tertiary/aromatic N) is 1. The van der Waals surface area contributed by atoms with E-state index in [1.165, 1.54) is 0 Å².